The Bertz CT molecular complexity index is 291. The summed E-state index contributed by atoms with van der Waals surface area (Å²) in [7, 11) is 0. The number of hydrogen-bond donors (Lipinski definition) is 1. The van der Waals surface area contributed by atoms with E-state index in [1.807, 2.05) is 0 Å². The van der Waals surface area contributed by atoms with E-state index in [-0.39, 0.29) is 11.3 Å². The first-order chi connectivity index (χ1) is 8.89. The van der Waals surface area contributed by atoms with Crippen molar-refractivity contribution in [1.82, 2.24) is 9.80 Å². The molecule has 0 saturated carbocycles. The van der Waals surface area contributed by atoms with Gasteiger partial charge in [0.05, 0.1) is 6.54 Å². The van der Waals surface area contributed by atoms with Crippen LogP contribution < -0.4 is 5.73 Å². The van der Waals surface area contributed by atoms with E-state index in [1.54, 1.807) is 0 Å². The van der Waals surface area contributed by atoms with Gasteiger partial charge in [0.1, 0.15) is 0 Å². The largest absolute Gasteiger partial charge is 0.339 e. The van der Waals surface area contributed by atoms with Crippen molar-refractivity contribution < 1.29 is 4.79 Å². The first-order valence-electron chi connectivity index (χ1n) is 7.61. The molecule has 1 rings (SSSR count). The second-order valence-electron chi connectivity index (χ2n) is 6.60. The lowest BCUT2D eigenvalue weighted by molar-refractivity contribution is -0.135. The molecule has 2 N–H and O–H groups in total. The third-order valence-corrected chi connectivity index (χ3v) is 4.13. The van der Waals surface area contributed by atoms with Gasteiger partial charge in [-0.05, 0) is 44.7 Å². The Kier molecular flexibility index (Phi) is 6.27. The monoisotopic (exact) mass is 269 g/mol. The Balaban J connectivity index is 2.52. The molecule has 112 valence electrons. The minimum atomic E-state index is 0.0732. The molecular weight excluding hydrogens is 238 g/mol. The van der Waals surface area contributed by atoms with E-state index in [0.717, 1.165) is 32.5 Å². The molecule has 4 nitrogen and oxygen atoms in total. The smallest absolute Gasteiger partial charge is 0.236 e. The Hall–Kier alpha value is -0.610. The molecule has 0 aromatic rings. The number of likely N-dealkylation sites (N-methyl/N-ethyl adjacent to an activating group) is 1. The zero-order valence-electron chi connectivity index (χ0n) is 13.1. The van der Waals surface area contributed by atoms with Crippen molar-refractivity contribution in [2.45, 2.75) is 53.0 Å². The zero-order chi connectivity index (χ0) is 14.5. The molecular formula is C15H31N3O. The molecule has 1 aliphatic heterocycles. The van der Waals surface area contributed by atoms with Gasteiger partial charge in [-0.25, -0.2) is 0 Å². The molecule has 19 heavy (non-hydrogen) atoms. The summed E-state index contributed by atoms with van der Waals surface area (Å²) in [5.74, 6) is 0.280. The molecule has 0 spiro atoms. The van der Waals surface area contributed by atoms with Gasteiger partial charge in [0.2, 0.25) is 5.91 Å². The van der Waals surface area contributed by atoms with Crippen molar-refractivity contribution >= 4 is 5.91 Å². The minimum Gasteiger partial charge on any atom is -0.339 e. The van der Waals surface area contributed by atoms with Gasteiger partial charge in [-0.3, -0.25) is 9.69 Å². The first kappa shape index (κ1) is 16.4. The predicted molar refractivity (Wildman–Crippen MR) is 80.0 cm³/mol. The van der Waals surface area contributed by atoms with Gasteiger partial charge in [0.25, 0.3) is 0 Å². The van der Waals surface area contributed by atoms with Gasteiger partial charge < -0.3 is 10.6 Å². The quantitative estimate of drug-likeness (QED) is 0.798. The van der Waals surface area contributed by atoms with Crippen LogP contribution in [0.4, 0.5) is 0 Å². The molecule has 1 heterocycles. The van der Waals surface area contributed by atoms with Crippen molar-refractivity contribution in [2.75, 3.05) is 32.7 Å². The molecule has 0 bridgehead atoms. The molecule has 0 aromatic heterocycles. The first-order valence-corrected chi connectivity index (χ1v) is 7.61. The fraction of sp³-hybridized carbons (Fsp3) is 0.933. The standard InChI is InChI=1S/C15H31N3O/c1-5-17(12-15(3,4)11-16)10-14(19)18-9-7-6-8-13(18)2/h13H,5-12,16H2,1-4H3. The Labute approximate surface area is 118 Å². The van der Waals surface area contributed by atoms with Crippen molar-refractivity contribution in [3.05, 3.63) is 0 Å². The molecule has 0 aromatic carbocycles. The van der Waals surface area contributed by atoms with E-state index in [0.29, 0.717) is 19.1 Å². The van der Waals surface area contributed by atoms with Crippen molar-refractivity contribution in [2.24, 2.45) is 11.1 Å². The minimum absolute atomic E-state index is 0.0732. The molecule has 0 radical (unpaired) electrons. The van der Waals surface area contributed by atoms with Gasteiger partial charge in [0.15, 0.2) is 0 Å². The highest BCUT2D eigenvalue weighted by Crippen LogP contribution is 2.18. The average molecular weight is 269 g/mol. The summed E-state index contributed by atoms with van der Waals surface area (Å²) >= 11 is 0. The zero-order valence-corrected chi connectivity index (χ0v) is 13.1. The van der Waals surface area contributed by atoms with Crippen LogP contribution in [0.25, 0.3) is 0 Å². The molecule has 1 aliphatic rings. The van der Waals surface area contributed by atoms with E-state index in [9.17, 15) is 4.79 Å². The van der Waals surface area contributed by atoms with Crippen LogP contribution in [0.2, 0.25) is 0 Å². The van der Waals surface area contributed by atoms with Crippen LogP contribution in [-0.2, 0) is 4.79 Å². The highest BCUT2D eigenvalue weighted by molar-refractivity contribution is 5.78. The highest BCUT2D eigenvalue weighted by atomic mass is 16.2. The summed E-state index contributed by atoms with van der Waals surface area (Å²) in [4.78, 5) is 16.7. The maximum absolute atomic E-state index is 12.4. The number of nitrogens with two attached hydrogens (primary N) is 1. The lowest BCUT2D eigenvalue weighted by Crippen LogP contribution is -2.49. The highest BCUT2D eigenvalue weighted by Gasteiger charge is 2.26. The number of nitrogens with zero attached hydrogens (tertiary/aromatic N) is 2. The average Bonchev–Trinajstić information content (AvgIpc) is 2.38. The SMILES string of the molecule is CCN(CC(=O)N1CCCCC1C)CC(C)(C)CN. The third kappa shape index (κ3) is 5.11. The Morgan fingerprint density at radius 3 is 2.63 bits per heavy atom. The van der Waals surface area contributed by atoms with Crippen LogP contribution in [0.5, 0.6) is 0 Å². The maximum atomic E-state index is 12.4. The fourth-order valence-corrected chi connectivity index (χ4v) is 2.70. The van der Waals surface area contributed by atoms with E-state index in [1.165, 1.54) is 6.42 Å². The number of piperidine rings is 1. The molecule has 1 unspecified atom stereocenters. The summed E-state index contributed by atoms with van der Waals surface area (Å²) in [6.45, 7) is 12.5. The van der Waals surface area contributed by atoms with Gasteiger partial charge >= 0.3 is 0 Å². The Morgan fingerprint density at radius 2 is 2.11 bits per heavy atom. The summed E-state index contributed by atoms with van der Waals surface area (Å²) in [6.07, 6.45) is 3.55. The molecule has 1 saturated heterocycles. The number of amides is 1. The topological polar surface area (TPSA) is 49.6 Å². The van der Waals surface area contributed by atoms with Crippen LogP contribution in [0.3, 0.4) is 0 Å². The van der Waals surface area contributed by atoms with Gasteiger partial charge in [-0.2, -0.15) is 0 Å². The summed E-state index contributed by atoms with van der Waals surface area (Å²) in [5, 5.41) is 0. The lowest BCUT2D eigenvalue weighted by atomic mass is 9.93. The van der Waals surface area contributed by atoms with E-state index in [2.05, 4.69) is 37.5 Å². The normalized spacial score (nSPS) is 20.9. The number of carbonyl (C=O) groups excluding carboxylic acids is 1. The van der Waals surface area contributed by atoms with Gasteiger partial charge in [-0.15, -0.1) is 0 Å². The number of carbonyl (C=O) groups is 1. The van der Waals surface area contributed by atoms with Crippen LogP contribution in [0, 0.1) is 5.41 Å². The molecule has 1 amide bonds. The second-order valence-corrected chi connectivity index (χ2v) is 6.60. The van der Waals surface area contributed by atoms with Crippen LogP contribution in [-0.4, -0.2) is 54.5 Å². The van der Waals surface area contributed by atoms with Crippen molar-refractivity contribution in [1.29, 1.82) is 0 Å². The molecule has 1 fully saturated rings. The number of hydrogen-bond acceptors (Lipinski definition) is 3. The summed E-state index contributed by atoms with van der Waals surface area (Å²) in [6, 6.07) is 0.405. The molecule has 4 heteroatoms. The van der Waals surface area contributed by atoms with E-state index >= 15 is 0 Å². The van der Waals surface area contributed by atoms with Crippen LogP contribution >= 0.6 is 0 Å². The van der Waals surface area contributed by atoms with Gasteiger partial charge in [0, 0.05) is 19.1 Å². The van der Waals surface area contributed by atoms with Gasteiger partial charge in [-0.1, -0.05) is 20.8 Å². The number of rotatable bonds is 6. The second kappa shape index (κ2) is 7.25. The van der Waals surface area contributed by atoms with E-state index in [4.69, 9.17) is 5.73 Å². The van der Waals surface area contributed by atoms with Crippen molar-refractivity contribution in [3.63, 3.8) is 0 Å². The fourth-order valence-electron chi connectivity index (χ4n) is 2.70. The van der Waals surface area contributed by atoms with E-state index < -0.39 is 0 Å². The van der Waals surface area contributed by atoms with Crippen molar-refractivity contribution in [3.8, 4) is 0 Å². The van der Waals surface area contributed by atoms with Crippen LogP contribution in [0.1, 0.15) is 47.0 Å². The third-order valence-electron chi connectivity index (χ3n) is 4.13. The lowest BCUT2D eigenvalue weighted by Gasteiger charge is -2.36. The molecule has 1 atom stereocenters. The maximum Gasteiger partial charge on any atom is 0.236 e. The Morgan fingerprint density at radius 1 is 1.42 bits per heavy atom. The van der Waals surface area contributed by atoms with Crippen LogP contribution in [0.15, 0.2) is 0 Å². The predicted octanol–water partition coefficient (Wildman–Crippen LogP) is 1.69. The number of likely N-dealkylation sites (tertiary alicyclic amines) is 1. The summed E-state index contributed by atoms with van der Waals surface area (Å²) < 4.78 is 0. The molecule has 0 aliphatic carbocycles. The summed E-state index contributed by atoms with van der Waals surface area (Å²) in [5.41, 5.74) is 5.86.